The number of carbonyl (C=O) groups excluding carboxylic acids is 1. The van der Waals surface area contributed by atoms with Crippen molar-refractivity contribution in [1.29, 1.82) is 5.26 Å². The predicted molar refractivity (Wildman–Crippen MR) is 90.8 cm³/mol. The van der Waals surface area contributed by atoms with Crippen LogP contribution in [0.3, 0.4) is 0 Å². The number of rotatable bonds is 4. The van der Waals surface area contributed by atoms with Gasteiger partial charge in [-0.3, -0.25) is 4.79 Å². The number of amides is 1. The number of hydrogen-bond acceptors (Lipinski definition) is 5. The van der Waals surface area contributed by atoms with Crippen molar-refractivity contribution in [3.63, 3.8) is 0 Å². The Morgan fingerprint density at radius 2 is 1.77 bits per heavy atom. The highest BCUT2D eigenvalue weighted by molar-refractivity contribution is 6.02. The second-order valence-electron chi connectivity index (χ2n) is 5.16. The molecule has 0 bridgehead atoms. The third-order valence-corrected chi connectivity index (χ3v) is 3.35. The van der Waals surface area contributed by atoms with E-state index >= 15 is 0 Å². The van der Waals surface area contributed by atoms with E-state index in [4.69, 9.17) is 5.26 Å². The van der Waals surface area contributed by atoms with Gasteiger partial charge in [0.25, 0.3) is 5.91 Å². The summed E-state index contributed by atoms with van der Waals surface area (Å²) in [6.07, 6.45) is 2.36. The average molecular weight is 351 g/mol. The highest BCUT2D eigenvalue weighted by Gasteiger charge is 2.12. The molecule has 3 rings (SSSR count). The molecule has 0 saturated heterocycles. The normalized spacial score (nSPS) is 10.0. The van der Waals surface area contributed by atoms with Gasteiger partial charge in [0.1, 0.15) is 28.8 Å². The molecule has 0 aliphatic carbocycles. The van der Waals surface area contributed by atoms with Gasteiger partial charge in [-0.15, -0.1) is 0 Å². The molecule has 2 aromatic carbocycles. The van der Waals surface area contributed by atoms with E-state index in [1.54, 1.807) is 18.2 Å². The van der Waals surface area contributed by atoms with Crippen LogP contribution in [-0.2, 0) is 0 Å². The molecule has 0 fully saturated rings. The van der Waals surface area contributed by atoms with Gasteiger partial charge in [-0.05, 0) is 30.3 Å². The number of halogens is 2. The van der Waals surface area contributed by atoms with Crippen molar-refractivity contribution in [1.82, 2.24) is 9.97 Å². The zero-order valence-corrected chi connectivity index (χ0v) is 13.2. The fourth-order valence-electron chi connectivity index (χ4n) is 2.12. The fraction of sp³-hybridized carbons (Fsp3) is 0. The highest BCUT2D eigenvalue weighted by atomic mass is 19.1. The van der Waals surface area contributed by atoms with Gasteiger partial charge in [0.2, 0.25) is 0 Å². The van der Waals surface area contributed by atoms with E-state index in [9.17, 15) is 13.6 Å². The highest BCUT2D eigenvalue weighted by Crippen LogP contribution is 2.21. The van der Waals surface area contributed by atoms with Crippen LogP contribution in [0.15, 0.2) is 54.9 Å². The van der Waals surface area contributed by atoms with Crippen LogP contribution in [0.4, 0.5) is 26.0 Å². The van der Waals surface area contributed by atoms with Gasteiger partial charge in [-0.1, -0.05) is 12.1 Å². The third kappa shape index (κ3) is 3.79. The van der Waals surface area contributed by atoms with E-state index in [0.717, 1.165) is 12.1 Å². The number of aromatic nitrogens is 2. The molecule has 2 N–H and O–H groups in total. The van der Waals surface area contributed by atoms with Gasteiger partial charge in [0.15, 0.2) is 0 Å². The summed E-state index contributed by atoms with van der Waals surface area (Å²) in [6, 6.07) is 11.8. The second kappa shape index (κ2) is 7.36. The summed E-state index contributed by atoms with van der Waals surface area (Å²) in [4.78, 5) is 20.0. The van der Waals surface area contributed by atoms with Gasteiger partial charge in [0.05, 0.1) is 24.0 Å². The number of nitrogens with zero attached hydrogens (tertiary/aromatic N) is 3. The van der Waals surface area contributed by atoms with Crippen molar-refractivity contribution in [3.8, 4) is 6.07 Å². The van der Waals surface area contributed by atoms with E-state index in [1.807, 2.05) is 6.07 Å². The number of benzene rings is 2. The lowest BCUT2D eigenvalue weighted by atomic mass is 10.2. The Morgan fingerprint density at radius 3 is 2.42 bits per heavy atom. The molecule has 0 saturated carbocycles. The van der Waals surface area contributed by atoms with Crippen LogP contribution < -0.4 is 10.6 Å². The van der Waals surface area contributed by atoms with Crippen LogP contribution >= 0.6 is 0 Å². The minimum absolute atomic E-state index is 0.00640. The summed E-state index contributed by atoms with van der Waals surface area (Å²) in [5.41, 5.74) is 0.492. The van der Waals surface area contributed by atoms with Gasteiger partial charge < -0.3 is 10.6 Å². The molecular formula is C18H11F2N5O. The molecule has 1 aromatic heterocycles. The molecular weight excluding hydrogens is 340 g/mol. The van der Waals surface area contributed by atoms with E-state index in [-0.39, 0.29) is 17.2 Å². The fourth-order valence-corrected chi connectivity index (χ4v) is 2.12. The smallest absolute Gasteiger partial charge is 0.275 e. The van der Waals surface area contributed by atoms with Crippen molar-refractivity contribution >= 4 is 23.1 Å². The number of anilines is 3. The standard InChI is InChI=1S/C18H11F2N5O/c19-13-5-2-6-14(20)17(13)25-16-10-22-15(9-23-16)18(26)24-12-4-1-3-11(7-12)8-21/h1-7,9-10H,(H,23,25)(H,24,26). The van der Waals surface area contributed by atoms with Crippen molar-refractivity contribution in [3.05, 3.63) is 77.8 Å². The molecule has 6 nitrogen and oxygen atoms in total. The Morgan fingerprint density at radius 1 is 1.04 bits per heavy atom. The first kappa shape index (κ1) is 17.0. The lowest BCUT2D eigenvalue weighted by Gasteiger charge is -2.08. The largest absolute Gasteiger partial charge is 0.334 e. The van der Waals surface area contributed by atoms with Gasteiger partial charge in [-0.25, -0.2) is 18.7 Å². The number of para-hydroxylation sites is 1. The minimum Gasteiger partial charge on any atom is -0.334 e. The molecule has 0 atom stereocenters. The van der Waals surface area contributed by atoms with Crippen LogP contribution in [0.2, 0.25) is 0 Å². The molecule has 3 aromatic rings. The Bertz CT molecular complexity index is 979. The first-order valence-corrected chi connectivity index (χ1v) is 7.41. The quantitative estimate of drug-likeness (QED) is 0.749. The van der Waals surface area contributed by atoms with Gasteiger partial charge >= 0.3 is 0 Å². The topological polar surface area (TPSA) is 90.7 Å². The lowest BCUT2D eigenvalue weighted by molar-refractivity contribution is 0.102. The minimum atomic E-state index is -0.772. The SMILES string of the molecule is N#Cc1cccc(NC(=O)c2cnc(Nc3c(F)cccc3F)cn2)c1. The monoisotopic (exact) mass is 351 g/mol. The van der Waals surface area contributed by atoms with Crippen LogP contribution in [0.1, 0.15) is 16.1 Å². The molecule has 128 valence electrons. The summed E-state index contributed by atoms with van der Waals surface area (Å²) < 4.78 is 27.2. The summed E-state index contributed by atoms with van der Waals surface area (Å²) >= 11 is 0. The Kier molecular flexibility index (Phi) is 4.80. The molecule has 0 spiro atoms. The summed E-state index contributed by atoms with van der Waals surface area (Å²) in [6.45, 7) is 0. The molecule has 1 heterocycles. The molecule has 0 radical (unpaired) electrons. The van der Waals surface area contributed by atoms with Crippen LogP contribution in [0, 0.1) is 23.0 Å². The van der Waals surface area contributed by atoms with E-state index in [0.29, 0.717) is 11.3 Å². The maximum absolute atomic E-state index is 13.6. The maximum atomic E-state index is 13.6. The maximum Gasteiger partial charge on any atom is 0.275 e. The van der Waals surface area contributed by atoms with Crippen LogP contribution in [0.5, 0.6) is 0 Å². The number of hydrogen-bond donors (Lipinski definition) is 2. The van der Waals surface area contributed by atoms with Crippen molar-refractivity contribution in [2.24, 2.45) is 0 Å². The van der Waals surface area contributed by atoms with Crippen molar-refractivity contribution < 1.29 is 13.6 Å². The van der Waals surface area contributed by atoms with E-state index in [1.165, 1.54) is 24.5 Å². The first-order chi connectivity index (χ1) is 12.6. The molecule has 0 aliphatic heterocycles. The van der Waals surface area contributed by atoms with Crippen LogP contribution in [0.25, 0.3) is 0 Å². The number of carbonyl (C=O) groups is 1. The Labute approximate surface area is 147 Å². The van der Waals surface area contributed by atoms with Gasteiger partial charge in [0, 0.05) is 5.69 Å². The third-order valence-electron chi connectivity index (χ3n) is 3.35. The number of nitrogens with one attached hydrogen (secondary N) is 2. The average Bonchev–Trinajstić information content (AvgIpc) is 2.65. The second-order valence-corrected chi connectivity index (χ2v) is 5.16. The van der Waals surface area contributed by atoms with E-state index < -0.39 is 17.5 Å². The predicted octanol–water partition coefficient (Wildman–Crippen LogP) is 3.62. The van der Waals surface area contributed by atoms with Crippen LogP contribution in [-0.4, -0.2) is 15.9 Å². The molecule has 1 amide bonds. The Balaban J connectivity index is 1.73. The first-order valence-electron chi connectivity index (χ1n) is 7.41. The summed E-state index contributed by atoms with van der Waals surface area (Å²) in [7, 11) is 0. The zero-order valence-electron chi connectivity index (χ0n) is 13.2. The molecule has 0 unspecified atom stereocenters. The Hall–Kier alpha value is -3.86. The molecule has 0 aliphatic rings. The van der Waals surface area contributed by atoms with Crippen molar-refractivity contribution in [2.45, 2.75) is 0 Å². The summed E-state index contributed by atoms with van der Waals surface area (Å²) in [5.74, 6) is -2.00. The summed E-state index contributed by atoms with van der Waals surface area (Å²) in [5, 5.41) is 13.9. The zero-order chi connectivity index (χ0) is 18.5. The van der Waals surface area contributed by atoms with Gasteiger partial charge in [-0.2, -0.15) is 5.26 Å². The van der Waals surface area contributed by atoms with Crippen molar-refractivity contribution in [2.75, 3.05) is 10.6 Å². The van der Waals surface area contributed by atoms with E-state index in [2.05, 4.69) is 20.6 Å². The number of nitriles is 1. The molecule has 8 heteroatoms. The lowest BCUT2D eigenvalue weighted by Crippen LogP contribution is -2.14. The molecule has 26 heavy (non-hydrogen) atoms.